The lowest BCUT2D eigenvalue weighted by molar-refractivity contribution is 0.0950. The molecule has 6 N–H and O–H groups in total. The van der Waals surface area contributed by atoms with E-state index < -0.39 is 11.8 Å². The zero-order valence-electron chi connectivity index (χ0n) is 9.94. The summed E-state index contributed by atoms with van der Waals surface area (Å²) in [7, 11) is 2.76. The molecule has 0 fully saturated rings. The third kappa shape index (κ3) is 2.50. The zero-order valence-corrected chi connectivity index (χ0v) is 9.94. The quantitative estimate of drug-likeness (QED) is 0.307. The molecular formula is C10H14N4O4. The van der Waals surface area contributed by atoms with Crippen molar-refractivity contribution < 1.29 is 19.1 Å². The summed E-state index contributed by atoms with van der Waals surface area (Å²) in [6.07, 6.45) is 0. The van der Waals surface area contributed by atoms with E-state index in [9.17, 15) is 9.59 Å². The van der Waals surface area contributed by atoms with Crippen LogP contribution in [-0.4, -0.2) is 26.0 Å². The Hall–Kier alpha value is -2.32. The molecule has 18 heavy (non-hydrogen) atoms. The van der Waals surface area contributed by atoms with Gasteiger partial charge in [0.05, 0.1) is 25.3 Å². The molecule has 8 heteroatoms. The molecular weight excluding hydrogens is 240 g/mol. The molecule has 1 aromatic rings. The molecule has 0 aliphatic rings. The fraction of sp³-hybridized carbons (Fsp3) is 0.200. The van der Waals surface area contributed by atoms with Crippen LogP contribution in [0.25, 0.3) is 0 Å². The third-order valence-corrected chi connectivity index (χ3v) is 2.27. The van der Waals surface area contributed by atoms with Gasteiger partial charge in [-0.2, -0.15) is 0 Å². The molecule has 0 radical (unpaired) electrons. The zero-order chi connectivity index (χ0) is 13.7. The van der Waals surface area contributed by atoms with Crippen LogP contribution >= 0.6 is 0 Å². The van der Waals surface area contributed by atoms with Crippen molar-refractivity contribution in [1.29, 1.82) is 0 Å². The highest BCUT2D eigenvalue weighted by Gasteiger charge is 2.19. The van der Waals surface area contributed by atoms with Gasteiger partial charge in [-0.15, -0.1) is 0 Å². The number of nitrogens with two attached hydrogens (primary N) is 2. The number of hydrogen-bond acceptors (Lipinski definition) is 6. The highest BCUT2D eigenvalue weighted by Crippen LogP contribution is 2.28. The number of ether oxygens (including phenoxy) is 2. The number of hydrazine groups is 2. The van der Waals surface area contributed by atoms with E-state index in [0.717, 1.165) is 0 Å². The van der Waals surface area contributed by atoms with Crippen LogP contribution in [-0.2, 0) is 0 Å². The molecule has 0 bridgehead atoms. The highest BCUT2D eigenvalue weighted by molar-refractivity contribution is 6.03. The van der Waals surface area contributed by atoms with Gasteiger partial charge in [0.1, 0.15) is 11.5 Å². The van der Waals surface area contributed by atoms with E-state index in [0.29, 0.717) is 0 Å². The van der Waals surface area contributed by atoms with Crippen LogP contribution in [0.2, 0.25) is 0 Å². The van der Waals surface area contributed by atoms with Crippen molar-refractivity contribution in [3.05, 3.63) is 23.3 Å². The van der Waals surface area contributed by atoms with Crippen molar-refractivity contribution in [3.63, 3.8) is 0 Å². The first kappa shape index (κ1) is 13.7. The second-order valence-electron chi connectivity index (χ2n) is 3.20. The second-order valence-corrected chi connectivity index (χ2v) is 3.20. The van der Waals surface area contributed by atoms with Gasteiger partial charge in [-0.25, -0.2) is 11.7 Å². The normalized spacial score (nSPS) is 9.56. The van der Waals surface area contributed by atoms with Gasteiger partial charge in [-0.05, 0) is 6.07 Å². The second kappa shape index (κ2) is 5.84. The number of benzene rings is 1. The minimum Gasteiger partial charge on any atom is -0.496 e. The van der Waals surface area contributed by atoms with E-state index >= 15 is 0 Å². The fourth-order valence-electron chi connectivity index (χ4n) is 1.41. The number of methoxy groups -OCH3 is 2. The molecule has 2 amide bonds. The number of amides is 2. The number of nitrogen functional groups attached to an aromatic ring is 2. The molecule has 0 spiro atoms. The Balaban J connectivity index is 3.43. The van der Waals surface area contributed by atoms with E-state index in [4.69, 9.17) is 21.2 Å². The Bertz CT molecular complexity index is 436. The van der Waals surface area contributed by atoms with E-state index in [1.54, 1.807) is 0 Å². The van der Waals surface area contributed by atoms with Crippen molar-refractivity contribution in [2.75, 3.05) is 14.2 Å². The van der Waals surface area contributed by atoms with Gasteiger partial charge in [0.2, 0.25) is 0 Å². The summed E-state index contributed by atoms with van der Waals surface area (Å²) in [5, 5.41) is 0. The van der Waals surface area contributed by atoms with Crippen molar-refractivity contribution in [1.82, 2.24) is 10.9 Å². The minimum absolute atomic E-state index is 0.0967. The van der Waals surface area contributed by atoms with Crippen LogP contribution in [0.15, 0.2) is 12.1 Å². The molecule has 98 valence electrons. The standard InChI is InChI=1S/C10H14N4O4/c1-17-7-4-8(18-2)6(10(16)14-12)3-5(7)9(15)13-11/h3-4H,11-12H2,1-2H3,(H,13,15)(H,14,16). The maximum absolute atomic E-state index is 11.5. The number of carbonyl (C=O) groups excluding carboxylic acids is 2. The predicted molar refractivity (Wildman–Crippen MR) is 62.9 cm³/mol. The van der Waals surface area contributed by atoms with Crippen molar-refractivity contribution in [2.24, 2.45) is 11.7 Å². The Kier molecular flexibility index (Phi) is 4.46. The largest absolute Gasteiger partial charge is 0.496 e. The lowest BCUT2D eigenvalue weighted by Crippen LogP contribution is -2.32. The first-order valence-electron chi connectivity index (χ1n) is 4.87. The summed E-state index contributed by atoms with van der Waals surface area (Å²) >= 11 is 0. The van der Waals surface area contributed by atoms with Crippen LogP contribution in [0.5, 0.6) is 11.5 Å². The molecule has 1 aromatic carbocycles. The van der Waals surface area contributed by atoms with E-state index in [1.165, 1.54) is 26.4 Å². The van der Waals surface area contributed by atoms with Crippen LogP contribution in [0.3, 0.4) is 0 Å². The minimum atomic E-state index is -0.597. The first-order valence-corrected chi connectivity index (χ1v) is 4.87. The molecule has 0 atom stereocenters. The van der Waals surface area contributed by atoms with Crippen molar-refractivity contribution in [3.8, 4) is 11.5 Å². The maximum atomic E-state index is 11.5. The average molecular weight is 254 g/mol. The Morgan fingerprint density at radius 1 is 0.944 bits per heavy atom. The highest BCUT2D eigenvalue weighted by atomic mass is 16.5. The molecule has 0 aliphatic carbocycles. The summed E-state index contributed by atoms with van der Waals surface area (Å²) in [5.41, 5.74) is 4.10. The molecule has 0 aliphatic heterocycles. The van der Waals surface area contributed by atoms with Crippen LogP contribution in [0, 0.1) is 0 Å². The van der Waals surface area contributed by atoms with Gasteiger partial charge in [-0.1, -0.05) is 0 Å². The Labute approximate surface area is 103 Å². The van der Waals surface area contributed by atoms with Crippen LogP contribution in [0.4, 0.5) is 0 Å². The molecule has 0 saturated heterocycles. The summed E-state index contributed by atoms with van der Waals surface area (Å²) < 4.78 is 10.0. The molecule has 8 nitrogen and oxygen atoms in total. The predicted octanol–water partition coefficient (Wildman–Crippen LogP) is -1.09. The molecule has 0 heterocycles. The van der Waals surface area contributed by atoms with Gasteiger partial charge in [0, 0.05) is 6.07 Å². The average Bonchev–Trinajstić information content (AvgIpc) is 2.43. The third-order valence-electron chi connectivity index (χ3n) is 2.27. The smallest absolute Gasteiger partial charge is 0.268 e. The Morgan fingerprint density at radius 3 is 1.61 bits per heavy atom. The van der Waals surface area contributed by atoms with Crippen molar-refractivity contribution >= 4 is 11.8 Å². The maximum Gasteiger partial charge on any atom is 0.268 e. The summed E-state index contributed by atoms with van der Waals surface area (Å²) in [6.45, 7) is 0. The molecule has 0 aromatic heterocycles. The summed E-state index contributed by atoms with van der Waals surface area (Å²) in [6, 6.07) is 2.68. The van der Waals surface area contributed by atoms with Gasteiger partial charge >= 0.3 is 0 Å². The van der Waals surface area contributed by atoms with Crippen molar-refractivity contribution in [2.45, 2.75) is 0 Å². The summed E-state index contributed by atoms with van der Waals surface area (Å²) in [5.74, 6) is 9.35. The molecule has 1 rings (SSSR count). The Morgan fingerprint density at radius 2 is 1.33 bits per heavy atom. The number of rotatable bonds is 4. The van der Waals surface area contributed by atoms with E-state index in [1.807, 2.05) is 10.9 Å². The van der Waals surface area contributed by atoms with Gasteiger partial charge in [0.15, 0.2) is 0 Å². The first-order chi connectivity index (χ1) is 8.58. The van der Waals surface area contributed by atoms with Crippen LogP contribution in [0.1, 0.15) is 20.7 Å². The SMILES string of the molecule is COc1cc(OC)c(C(=O)NN)cc1C(=O)NN. The monoisotopic (exact) mass is 254 g/mol. The number of nitrogens with one attached hydrogen (secondary N) is 2. The van der Waals surface area contributed by atoms with Gasteiger partial charge in [-0.3, -0.25) is 20.4 Å². The van der Waals surface area contributed by atoms with E-state index in [-0.39, 0.29) is 22.6 Å². The topological polar surface area (TPSA) is 129 Å². The van der Waals surface area contributed by atoms with Gasteiger partial charge < -0.3 is 9.47 Å². The number of carbonyl (C=O) groups is 2. The lowest BCUT2D eigenvalue weighted by atomic mass is 10.1. The fourth-order valence-corrected chi connectivity index (χ4v) is 1.41. The number of hydrogen-bond donors (Lipinski definition) is 4. The van der Waals surface area contributed by atoms with Gasteiger partial charge in [0.25, 0.3) is 11.8 Å². The lowest BCUT2D eigenvalue weighted by Gasteiger charge is -2.13. The van der Waals surface area contributed by atoms with Crippen LogP contribution < -0.4 is 32.0 Å². The molecule has 0 unspecified atom stereocenters. The molecule has 0 saturated carbocycles. The van der Waals surface area contributed by atoms with E-state index in [2.05, 4.69) is 0 Å². The summed E-state index contributed by atoms with van der Waals surface area (Å²) in [4.78, 5) is 23.1.